The largest absolute Gasteiger partial charge is 0.340 e. The van der Waals surface area contributed by atoms with Crippen molar-refractivity contribution in [2.75, 3.05) is 38.1 Å². The molecule has 1 N–H and O–H groups in total. The minimum atomic E-state index is -0.0560. The van der Waals surface area contributed by atoms with Gasteiger partial charge in [0.05, 0.1) is 3.57 Å². The van der Waals surface area contributed by atoms with Crippen LogP contribution in [0.5, 0.6) is 0 Å². The van der Waals surface area contributed by atoms with E-state index in [1.54, 1.807) is 6.20 Å². The summed E-state index contributed by atoms with van der Waals surface area (Å²) in [7, 11) is 2.10. The standard InChI is InChI=1S/C9H13IN4O/c1-13-2-4-14(5-3-13)9-11-6-7(10)8(15)12-9/h6H,2-5H2,1H3,(H,11,12,15). The summed E-state index contributed by atoms with van der Waals surface area (Å²) in [5.74, 6) is 0.688. The maximum atomic E-state index is 11.4. The van der Waals surface area contributed by atoms with Crippen molar-refractivity contribution >= 4 is 28.5 Å². The highest BCUT2D eigenvalue weighted by Crippen LogP contribution is 2.08. The fraction of sp³-hybridized carbons (Fsp3) is 0.556. The van der Waals surface area contributed by atoms with E-state index in [1.807, 2.05) is 22.6 Å². The lowest BCUT2D eigenvalue weighted by atomic mass is 10.3. The van der Waals surface area contributed by atoms with E-state index in [1.165, 1.54) is 0 Å². The number of anilines is 1. The first kappa shape index (κ1) is 10.9. The maximum Gasteiger partial charge on any atom is 0.265 e. The molecule has 6 heteroatoms. The number of hydrogen-bond donors (Lipinski definition) is 1. The second kappa shape index (κ2) is 4.48. The number of aromatic amines is 1. The molecule has 0 aromatic carbocycles. The molecule has 0 unspecified atom stereocenters. The summed E-state index contributed by atoms with van der Waals surface area (Å²) in [4.78, 5) is 22.8. The van der Waals surface area contributed by atoms with Crippen LogP contribution >= 0.6 is 22.6 Å². The molecule has 1 aromatic heterocycles. The molecular weight excluding hydrogens is 307 g/mol. The molecule has 1 aliphatic heterocycles. The summed E-state index contributed by atoms with van der Waals surface area (Å²) in [5.41, 5.74) is -0.0560. The molecule has 0 saturated carbocycles. The van der Waals surface area contributed by atoms with Gasteiger partial charge in [-0.2, -0.15) is 0 Å². The van der Waals surface area contributed by atoms with Crippen LogP contribution in [0.3, 0.4) is 0 Å². The molecule has 0 amide bonds. The minimum absolute atomic E-state index is 0.0560. The van der Waals surface area contributed by atoms with Crippen LogP contribution in [0.4, 0.5) is 5.95 Å². The van der Waals surface area contributed by atoms with E-state index in [-0.39, 0.29) is 5.56 Å². The lowest BCUT2D eigenvalue weighted by molar-refractivity contribution is 0.311. The van der Waals surface area contributed by atoms with E-state index in [0.29, 0.717) is 9.52 Å². The Kier molecular flexibility index (Phi) is 3.25. The topological polar surface area (TPSA) is 52.2 Å². The molecule has 1 fully saturated rings. The number of piperazine rings is 1. The van der Waals surface area contributed by atoms with Gasteiger partial charge >= 0.3 is 0 Å². The molecule has 5 nitrogen and oxygen atoms in total. The average Bonchev–Trinajstić information content (AvgIpc) is 2.23. The predicted octanol–water partition coefficient (Wildman–Crippen LogP) is 0.126. The van der Waals surface area contributed by atoms with E-state index in [0.717, 1.165) is 26.2 Å². The third-order valence-electron chi connectivity index (χ3n) is 2.55. The Morgan fingerprint density at radius 2 is 2.07 bits per heavy atom. The Hall–Kier alpha value is -0.630. The molecule has 2 rings (SSSR count). The summed E-state index contributed by atoms with van der Waals surface area (Å²) in [5, 5.41) is 0. The number of nitrogens with zero attached hydrogens (tertiary/aromatic N) is 3. The highest BCUT2D eigenvalue weighted by Gasteiger charge is 2.15. The van der Waals surface area contributed by atoms with Crippen molar-refractivity contribution in [1.82, 2.24) is 14.9 Å². The lowest BCUT2D eigenvalue weighted by Gasteiger charge is -2.32. The summed E-state index contributed by atoms with van der Waals surface area (Å²) in [6.45, 7) is 3.85. The van der Waals surface area contributed by atoms with Crippen LogP contribution in [-0.2, 0) is 0 Å². The van der Waals surface area contributed by atoms with Crippen LogP contribution in [0, 0.1) is 3.57 Å². The molecule has 82 valence electrons. The molecule has 2 heterocycles. The normalized spacial score (nSPS) is 18.1. The summed E-state index contributed by atoms with van der Waals surface area (Å²) in [6, 6.07) is 0. The van der Waals surface area contributed by atoms with Gasteiger partial charge in [-0.3, -0.25) is 9.78 Å². The van der Waals surface area contributed by atoms with Gasteiger partial charge < -0.3 is 9.80 Å². The number of halogens is 1. The lowest BCUT2D eigenvalue weighted by Crippen LogP contribution is -2.45. The Morgan fingerprint density at radius 3 is 2.67 bits per heavy atom. The van der Waals surface area contributed by atoms with Crippen molar-refractivity contribution in [3.63, 3.8) is 0 Å². The first-order chi connectivity index (χ1) is 7.16. The number of nitrogens with one attached hydrogen (secondary N) is 1. The van der Waals surface area contributed by atoms with Gasteiger partial charge in [-0.25, -0.2) is 4.98 Å². The first-order valence-electron chi connectivity index (χ1n) is 4.85. The van der Waals surface area contributed by atoms with Crippen molar-refractivity contribution in [1.29, 1.82) is 0 Å². The van der Waals surface area contributed by atoms with Crippen LogP contribution in [0.25, 0.3) is 0 Å². The molecule has 0 spiro atoms. The van der Waals surface area contributed by atoms with Crippen molar-refractivity contribution in [2.24, 2.45) is 0 Å². The molecule has 1 aromatic rings. The number of H-pyrrole nitrogens is 1. The second-order valence-corrected chi connectivity index (χ2v) is 4.84. The number of likely N-dealkylation sites (N-methyl/N-ethyl adjacent to an activating group) is 1. The van der Waals surface area contributed by atoms with Gasteiger partial charge in [-0.15, -0.1) is 0 Å². The zero-order valence-corrected chi connectivity index (χ0v) is 10.7. The van der Waals surface area contributed by atoms with Crippen molar-refractivity contribution < 1.29 is 0 Å². The zero-order valence-electron chi connectivity index (χ0n) is 8.53. The first-order valence-corrected chi connectivity index (χ1v) is 5.93. The Balaban J connectivity index is 2.16. The maximum absolute atomic E-state index is 11.4. The fourth-order valence-electron chi connectivity index (χ4n) is 1.55. The van der Waals surface area contributed by atoms with Crippen molar-refractivity contribution in [2.45, 2.75) is 0 Å². The number of rotatable bonds is 1. The zero-order chi connectivity index (χ0) is 10.8. The Morgan fingerprint density at radius 1 is 1.40 bits per heavy atom. The third-order valence-corrected chi connectivity index (χ3v) is 3.31. The summed E-state index contributed by atoms with van der Waals surface area (Å²) >= 11 is 1.98. The van der Waals surface area contributed by atoms with Crippen LogP contribution in [0.15, 0.2) is 11.0 Å². The number of hydrogen-bond acceptors (Lipinski definition) is 4. The molecule has 1 saturated heterocycles. The van der Waals surface area contributed by atoms with Gasteiger partial charge in [0.2, 0.25) is 5.95 Å². The molecular formula is C9H13IN4O. The third kappa shape index (κ3) is 2.49. The van der Waals surface area contributed by atoms with Gasteiger partial charge in [0.15, 0.2) is 0 Å². The molecule has 0 atom stereocenters. The van der Waals surface area contributed by atoms with E-state index >= 15 is 0 Å². The van der Waals surface area contributed by atoms with Gasteiger partial charge in [-0.05, 0) is 29.6 Å². The SMILES string of the molecule is CN1CCN(c2ncc(I)c(=O)[nH]2)CC1. The summed E-state index contributed by atoms with van der Waals surface area (Å²) in [6.07, 6.45) is 1.62. The fourth-order valence-corrected chi connectivity index (χ4v) is 1.82. The van der Waals surface area contributed by atoms with Gasteiger partial charge in [0.1, 0.15) is 0 Å². The second-order valence-electron chi connectivity index (χ2n) is 3.67. The Labute approximate surface area is 102 Å². The van der Waals surface area contributed by atoms with Crippen molar-refractivity contribution in [3.8, 4) is 0 Å². The van der Waals surface area contributed by atoms with E-state index in [2.05, 4.69) is 26.8 Å². The highest BCUT2D eigenvalue weighted by atomic mass is 127. The molecule has 15 heavy (non-hydrogen) atoms. The van der Waals surface area contributed by atoms with Crippen molar-refractivity contribution in [3.05, 3.63) is 20.1 Å². The summed E-state index contributed by atoms with van der Waals surface area (Å²) < 4.78 is 0.630. The van der Waals surface area contributed by atoms with Gasteiger partial charge in [0.25, 0.3) is 5.56 Å². The van der Waals surface area contributed by atoms with E-state index in [4.69, 9.17) is 0 Å². The molecule has 0 bridgehead atoms. The average molecular weight is 320 g/mol. The molecule has 0 radical (unpaired) electrons. The quantitative estimate of drug-likeness (QED) is 0.747. The van der Waals surface area contributed by atoms with Crippen LogP contribution in [0.1, 0.15) is 0 Å². The molecule has 0 aliphatic carbocycles. The monoisotopic (exact) mass is 320 g/mol. The number of aromatic nitrogens is 2. The highest BCUT2D eigenvalue weighted by molar-refractivity contribution is 14.1. The van der Waals surface area contributed by atoms with E-state index in [9.17, 15) is 4.79 Å². The smallest absolute Gasteiger partial charge is 0.265 e. The molecule has 1 aliphatic rings. The van der Waals surface area contributed by atoms with Crippen LogP contribution < -0.4 is 10.5 Å². The minimum Gasteiger partial charge on any atom is -0.340 e. The van der Waals surface area contributed by atoms with E-state index < -0.39 is 0 Å². The van der Waals surface area contributed by atoms with Crippen LogP contribution in [0.2, 0.25) is 0 Å². The predicted molar refractivity (Wildman–Crippen MR) is 67.3 cm³/mol. The Bertz CT molecular complexity index is 397. The van der Waals surface area contributed by atoms with Crippen LogP contribution in [-0.4, -0.2) is 48.1 Å². The van der Waals surface area contributed by atoms with Gasteiger partial charge in [0, 0.05) is 32.4 Å². The van der Waals surface area contributed by atoms with Gasteiger partial charge in [-0.1, -0.05) is 0 Å².